The Labute approximate surface area is 259 Å². The quantitative estimate of drug-likeness (QED) is 0.184. The number of nitrogens with one attached hydrogen (secondary N) is 1. The van der Waals surface area contributed by atoms with Gasteiger partial charge in [-0.3, -0.25) is 14.4 Å². The van der Waals surface area contributed by atoms with E-state index in [0.29, 0.717) is 56.0 Å². The molecule has 3 atom stereocenters. The van der Waals surface area contributed by atoms with Gasteiger partial charge in [-0.25, -0.2) is 4.98 Å². The summed E-state index contributed by atoms with van der Waals surface area (Å²) in [5.41, 5.74) is 8.04. The van der Waals surface area contributed by atoms with E-state index in [4.69, 9.17) is 14.9 Å². The molecular formula is C35H46N4O5. The second-order valence-corrected chi connectivity index (χ2v) is 12.3. The summed E-state index contributed by atoms with van der Waals surface area (Å²) in [5.74, 6) is -0.711. The highest BCUT2D eigenvalue weighted by Gasteiger charge is 2.42. The molecule has 2 aromatic carbocycles. The van der Waals surface area contributed by atoms with Crippen LogP contribution in [0.1, 0.15) is 80.5 Å². The van der Waals surface area contributed by atoms with Gasteiger partial charge in [0.1, 0.15) is 5.52 Å². The van der Waals surface area contributed by atoms with Gasteiger partial charge in [-0.1, -0.05) is 61.7 Å². The van der Waals surface area contributed by atoms with E-state index in [0.717, 1.165) is 32.1 Å². The zero-order chi connectivity index (χ0) is 30.7. The van der Waals surface area contributed by atoms with Crippen molar-refractivity contribution in [2.45, 2.75) is 82.8 Å². The number of nitrogens with zero attached hydrogens (tertiary/aromatic N) is 2. The molecule has 0 spiro atoms. The average Bonchev–Trinajstić information content (AvgIpc) is 3.69. The van der Waals surface area contributed by atoms with E-state index in [1.54, 1.807) is 17.0 Å². The smallest absolute Gasteiger partial charge is 0.266 e. The number of carbonyl (C=O) groups excluding carboxylic acids is 3. The third-order valence-corrected chi connectivity index (χ3v) is 9.01. The van der Waals surface area contributed by atoms with Gasteiger partial charge in [-0.15, -0.1) is 0 Å². The molecule has 3 aromatic rings. The van der Waals surface area contributed by atoms with Crippen LogP contribution >= 0.6 is 0 Å². The molecule has 1 aromatic heterocycles. The summed E-state index contributed by atoms with van der Waals surface area (Å²) < 4.78 is 12.2. The summed E-state index contributed by atoms with van der Waals surface area (Å²) in [5, 5.41) is 3.01. The van der Waals surface area contributed by atoms with Crippen LogP contribution in [0.3, 0.4) is 0 Å². The van der Waals surface area contributed by atoms with Crippen molar-refractivity contribution in [1.29, 1.82) is 0 Å². The van der Waals surface area contributed by atoms with E-state index < -0.39 is 18.1 Å². The van der Waals surface area contributed by atoms with Crippen molar-refractivity contribution in [3.8, 4) is 0 Å². The van der Waals surface area contributed by atoms with E-state index in [2.05, 4.69) is 22.4 Å². The molecule has 1 saturated heterocycles. The number of ether oxygens (including phenoxy) is 1. The van der Waals surface area contributed by atoms with Gasteiger partial charge in [0.05, 0.1) is 18.1 Å². The molecule has 0 unspecified atom stereocenters. The highest BCUT2D eigenvalue weighted by molar-refractivity contribution is 6.00. The lowest BCUT2D eigenvalue weighted by molar-refractivity contribution is -0.130. The number of amides is 2. The zero-order valence-corrected chi connectivity index (χ0v) is 25.6. The standard InChI is InChI=1S/C35H46N4O5/c36-21-10-9-18-29(33(41)35-38-28-17-7-8-19-30(28)44-35)37-34(42)27-22-39(23-31(27)43-24-26-14-5-2-6-15-26)32(40)20-11-16-25-12-3-1-4-13-25/h1,3-4,7-8,12-13,17,19,26-27,29,31H,2,5-6,9-11,14-16,18,20-24,36H2,(H,37,42)/t27-,29-,31-/m0/s1. The molecule has 1 aliphatic heterocycles. The Morgan fingerprint density at radius 2 is 1.75 bits per heavy atom. The molecule has 9 heteroatoms. The Morgan fingerprint density at radius 3 is 2.52 bits per heavy atom. The van der Waals surface area contributed by atoms with Gasteiger partial charge in [0.2, 0.25) is 17.6 Å². The van der Waals surface area contributed by atoms with Gasteiger partial charge in [0.15, 0.2) is 5.58 Å². The first-order valence-corrected chi connectivity index (χ1v) is 16.4. The zero-order valence-electron chi connectivity index (χ0n) is 25.6. The second-order valence-electron chi connectivity index (χ2n) is 12.3. The van der Waals surface area contributed by atoms with E-state index in [1.807, 2.05) is 30.3 Å². The summed E-state index contributed by atoms with van der Waals surface area (Å²) in [4.78, 5) is 46.9. The van der Waals surface area contributed by atoms with Crippen molar-refractivity contribution in [2.24, 2.45) is 17.6 Å². The molecule has 2 heterocycles. The minimum absolute atomic E-state index is 0.0176. The molecule has 2 aliphatic rings. The van der Waals surface area contributed by atoms with Crippen LogP contribution in [0.15, 0.2) is 59.0 Å². The molecule has 9 nitrogen and oxygen atoms in total. The number of unbranched alkanes of at least 4 members (excludes halogenated alkanes) is 1. The van der Waals surface area contributed by atoms with Crippen molar-refractivity contribution in [2.75, 3.05) is 26.2 Å². The van der Waals surface area contributed by atoms with Gasteiger partial charge in [0.25, 0.3) is 5.89 Å². The van der Waals surface area contributed by atoms with Crippen molar-refractivity contribution in [1.82, 2.24) is 15.2 Å². The molecule has 0 bridgehead atoms. The molecule has 3 N–H and O–H groups in total. The Kier molecular flexibility index (Phi) is 11.5. The van der Waals surface area contributed by atoms with E-state index >= 15 is 0 Å². The van der Waals surface area contributed by atoms with E-state index in [1.165, 1.54) is 24.8 Å². The average molecular weight is 603 g/mol. The highest BCUT2D eigenvalue weighted by atomic mass is 16.5. The van der Waals surface area contributed by atoms with Crippen LogP contribution in [0.2, 0.25) is 0 Å². The number of aryl methyl sites for hydroxylation is 1. The summed E-state index contributed by atoms with van der Waals surface area (Å²) in [6.07, 6.45) is 9.33. The number of rotatable bonds is 15. The number of fused-ring (bicyclic) bond motifs is 1. The SMILES string of the molecule is NCCCC[C@H](NC(=O)[C@H]1CN(C(=O)CCCc2ccccc2)C[C@@H]1OCC1CCCCC1)C(=O)c1nc2ccccc2o1. The number of oxazole rings is 1. The van der Waals surface area contributed by atoms with Crippen molar-refractivity contribution < 1.29 is 23.5 Å². The van der Waals surface area contributed by atoms with Gasteiger partial charge in [-0.2, -0.15) is 0 Å². The fraction of sp³-hybridized carbons (Fsp3) is 0.543. The lowest BCUT2D eigenvalue weighted by Gasteiger charge is -2.26. The number of aromatic nitrogens is 1. The Balaban J connectivity index is 1.26. The first-order chi connectivity index (χ1) is 21.5. The lowest BCUT2D eigenvalue weighted by atomic mass is 9.90. The normalized spacial score (nSPS) is 19.7. The van der Waals surface area contributed by atoms with Crippen LogP contribution in [0, 0.1) is 11.8 Å². The number of nitrogens with two attached hydrogens (primary N) is 1. The molecule has 2 fully saturated rings. The molecule has 1 saturated carbocycles. The Bertz CT molecular complexity index is 1340. The Hall–Kier alpha value is -3.56. The fourth-order valence-electron chi connectivity index (χ4n) is 6.43. The topological polar surface area (TPSA) is 128 Å². The molecule has 5 rings (SSSR count). The number of likely N-dealkylation sites (tertiary alicyclic amines) is 1. The summed E-state index contributed by atoms with van der Waals surface area (Å²) in [6.45, 7) is 1.74. The predicted octanol–water partition coefficient (Wildman–Crippen LogP) is 5.07. The van der Waals surface area contributed by atoms with Crippen LogP contribution < -0.4 is 11.1 Å². The summed E-state index contributed by atoms with van der Waals surface area (Å²) in [7, 11) is 0. The van der Waals surface area contributed by atoms with E-state index in [-0.39, 0.29) is 30.0 Å². The first-order valence-electron chi connectivity index (χ1n) is 16.4. The summed E-state index contributed by atoms with van der Waals surface area (Å²) >= 11 is 0. The van der Waals surface area contributed by atoms with Gasteiger partial charge in [0, 0.05) is 26.1 Å². The van der Waals surface area contributed by atoms with Gasteiger partial charge < -0.3 is 25.1 Å². The Morgan fingerprint density at radius 1 is 0.977 bits per heavy atom. The van der Waals surface area contributed by atoms with Crippen LogP contribution in [0.5, 0.6) is 0 Å². The van der Waals surface area contributed by atoms with Gasteiger partial charge >= 0.3 is 0 Å². The third kappa shape index (κ3) is 8.54. The molecule has 1 aliphatic carbocycles. The monoisotopic (exact) mass is 602 g/mol. The molecule has 236 valence electrons. The minimum atomic E-state index is -0.809. The van der Waals surface area contributed by atoms with Crippen LogP contribution in [0.4, 0.5) is 0 Å². The van der Waals surface area contributed by atoms with Crippen molar-refractivity contribution >= 4 is 28.7 Å². The van der Waals surface area contributed by atoms with Crippen LogP contribution in [-0.2, 0) is 20.7 Å². The van der Waals surface area contributed by atoms with Crippen LogP contribution in [-0.4, -0.2) is 65.9 Å². The largest absolute Gasteiger partial charge is 0.434 e. The van der Waals surface area contributed by atoms with Crippen LogP contribution in [0.25, 0.3) is 11.1 Å². The van der Waals surface area contributed by atoms with Crippen molar-refractivity contribution in [3.63, 3.8) is 0 Å². The number of para-hydroxylation sites is 2. The fourth-order valence-corrected chi connectivity index (χ4v) is 6.43. The summed E-state index contributed by atoms with van der Waals surface area (Å²) in [6, 6.07) is 16.5. The number of Topliss-reactive ketones (excluding diaryl/α,β-unsaturated/α-hetero) is 1. The molecule has 0 radical (unpaired) electrons. The maximum absolute atomic E-state index is 13.9. The number of carbonyl (C=O) groups is 3. The lowest BCUT2D eigenvalue weighted by Crippen LogP contribution is -2.47. The number of hydrogen-bond donors (Lipinski definition) is 2. The molecule has 44 heavy (non-hydrogen) atoms. The minimum Gasteiger partial charge on any atom is -0.434 e. The molecular weight excluding hydrogens is 556 g/mol. The predicted molar refractivity (Wildman–Crippen MR) is 169 cm³/mol. The third-order valence-electron chi connectivity index (χ3n) is 9.01. The second kappa shape index (κ2) is 16.0. The number of hydrogen-bond acceptors (Lipinski definition) is 7. The highest BCUT2D eigenvalue weighted by Crippen LogP contribution is 2.28. The van der Waals surface area contributed by atoms with Crippen molar-refractivity contribution in [3.05, 3.63) is 66.1 Å². The first kappa shape index (κ1) is 31.9. The van der Waals surface area contributed by atoms with Gasteiger partial charge in [-0.05, 0) is 75.1 Å². The molecule has 2 amide bonds. The number of benzene rings is 2. The number of ketones is 1. The maximum Gasteiger partial charge on any atom is 0.266 e. The maximum atomic E-state index is 13.9. The van der Waals surface area contributed by atoms with E-state index in [9.17, 15) is 14.4 Å².